The van der Waals surface area contributed by atoms with E-state index in [0.29, 0.717) is 27.1 Å². The molecule has 0 unspecified atom stereocenters. The highest BCUT2D eigenvalue weighted by Crippen LogP contribution is 2.37. The first-order valence-electron chi connectivity index (χ1n) is 8.22. The number of amides is 1. The van der Waals surface area contributed by atoms with Gasteiger partial charge in [-0.1, -0.05) is 24.3 Å². The van der Waals surface area contributed by atoms with Crippen LogP contribution >= 0.6 is 11.3 Å². The molecule has 6 nitrogen and oxygen atoms in total. The van der Waals surface area contributed by atoms with Crippen molar-refractivity contribution >= 4 is 40.0 Å². The van der Waals surface area contributed by atoms with Crippen molar-refractivity contribution in [3.8, 4) is 10.4 Å². The Kier molecular flexibility index (Phi) is 4.40. The van der Waals surface area contributed by atoms with Crippen molar-refractivity contribution in [3.05, 3.63) is 70.7 Å². The van der Waals surface area contributed by atoms with Gasteiger partial charge in [-0.25, -0.2) is 14.2 Å². The molecule has 140 valence electrons. The Morgan fingerprint density at radius 1 is 1.21 bits per heavy atom. The molecule has 2 N–H and O–H groups in total. The molecule has 28 heavy (non-hydrogen) atoms. The lowest BCUT2D eigenvalue weighted by atomic mass is 10.1. The summed E-state index contributed by atoms with van der Waals surface area (Å²) in [4.78, 5) is 28.7. The van der Waals surface area contributed by atoms with Crippen LogP contribution in [-0.4, -0.2) is 22.0 Å². The first kappa shape index (κ1) is 17.9. The van der Waals surface area contributed by atoms with E-state index in [-0.39, 0.29) is 17.1 Å². The maximum atomic E-state index is 13.9. The van der Waals surface area contributed by atoms with E-state index in [2.05, 4.69) is 10.3 Å². The number of halogens is 1. The normalized spacial score (nSPS) is 10.9. The van der Waals surface area contributed by atoms with E-state index in [1.165, 1.54) is 11.4 Å². The lowest BCUT2D eigenvalue weighted by molar-refractivity contribution is 0.0699. The van der Waals surface area contributed by atoms with Crippen LogP contribution in [0.1, 0.15) is 26.6 Å². The maximum Gasteiger partial charge on any atom is 0.339 e. The van der Waals surface area contributed by atoms with Gasteiger partial charge in [0.2, 0.25) is 0 Å². The number of oxazole rings is 1. The zero-order valence-electron chi connectivity index (χ0n) is 14.5. The smallest absolute Gasteiger partial charge is 0.339 e. The summed E-state index contributed by atoms with van der Waals surface area (Å²) in [6.45, 7) is 1.62. The van der Waals surface area contributed by atoms with E-state index < -0.39 is 17.7 Å². The number of hydrogen-bond acceptors (Lipinski definition) is 5. The highest BCUT2D eigenvalue weighted by molar-refractivity contribution is 7.14. The fraction of sp³-hybridized carbons (Fsp3) is 0.0500. The number of thiophene rings is 1. The van der Waals surface area contributed by atoms with Gasteiger partial charge in [0.05, 0.1) is 10.6 Å². The molecule has 0 atom stereocenters. The molecule has 0 bridgehead atoms. The summed E-state index contributed by atoms with van der Waals surface area (Å²) in [6, 6.07) is 11.4. The van der Waals surface area contributed by atoms with Crippen molar-refractivity contribution < 1.29 is 23.5 Å². The molecule has 2 aromatic heterocycles. The van der Waals surface area contributed by atoms with Crippen molar-refractivity contribution in [2.75, 3.05) is 5.32 Å². The topological polar surface area (TPSA) is 92.4 Å². The Bertz CT molecular complexity index is 1200. The van der Waals surface area contributed by atoms with Crippen molar-refractivity contribution in [2.24, 2.45) is 0 Å². The largest absolute Gasteiger partial charge is 0.478 e. The van der Waals surface area contributed by atoms with Gasteiger partial charge in [0.15, 0.2) is 5.58 Å². The van der Waals surface area contributed by atoms with E-state index in [4.69, 9.17) is 4.42 Å². The van der Waals surface area contributed by atoms with Crippen LogP contribution in [0.3, 0.4) is 0 Å². The van der Waals surface area contributed by atoms with Gasteiger partial charge in [-0.3, -0.25) is 4.79 Å². The van der Waals surface area contributed by atoms with Gasteiger partial charge < -0.3 is 14.8 Å². The van der Waals surface area contributed by atoms with Gasteiger partial charge in [-0.15, -0.1) is 11.3 Å². The van der Waals surface area contributed by atoms with Gasteiger partial charge in [0.25, 0.3) is 5.89 Å². The summed E-state index contributed by atoms with van der Waals surface area (Å²) < 4.78 is 19.3. The van der Waals surface area contributed by atoms with Gasteiger partial charge in [0, 0.05) is 5.38 Å². The number of para-hydroxylation sites is 2. The predicted molar refractivity (Wildman–Crippen MR) is 103 cm³/mol. The van der Waals surface area contributed by atoms with Crippen LogP contribution in [0.2, 0.25) is 0 Å². The van der Waals surface area contributed by atoms with Crippen LogP contribution in [0.4, 0.5) is 10.1 Å². The molecule has 2 heterocycles. The van der Waals surface area contributed by atoms with Gasteiger partial charge >= 0.3 is 11.9 Å². The molecule has 0 spiro atoms. The first-order valence-corrected chi connectivity index (χ1v) is 9.10. The Hall–Kier alpha value is -3.52. The second-order valence-electron chi connectivity index (χ2n) is 6.06. The second-order valence-corrected chi connectivity index (χ2v) is 6.94. The average Bonchev–Trinajstić information content (AvgIpc) is 3.28. The minimum absolute atomic E-state index is 0.0979. The number of carboxylic acid groups (broad SMARTS) is 1. The molecule has 0 radical (unpaired) electrons. The van der Waals surface area contributed by atoms with Gasteiger partial charge in [-0.05, 0) is 36.2 Å². The Morgan fingerprint density at radius 2 is 2.00 bits per heavy atom. The van der Waals surface area contributed by atoms with E-state index in [1.54, 1.807) is 43.3 Å². The zero-order valence-corrected chi connectivity index (χ0v) is 15.3. The summed E-state index contributed by atoms with van der Waals surface area (Å²) in [7, 11) is 0. The standard InChI is InChI=1S/C20H13FN2O4S/c1-10-6-7-11(8-12(10)21)17-16(20(25)26)14(9-28-17)22-18(24)19-23-13-4-2-3-5-15(13)27-19/h2-9H,1H3,(H,22,24)(H,25,26). The number of benzene rings is 2. The van der Waals surface area contributed by atoms with Crippen molar-refractivity contribution in [2.45, 2.75) is 6.92 Å². The van der Waals surface area contributed by atoms with Crippen molar-refractivity contribution in [1.29, 1.82) is 0 Å². The predicted octanol–water partition coefficient (Wildman–Crippen LogP) is 4.95. The zero-order chi connectivity index (χ0) is 19.8. The van der Waals surface area contributed by atoms with Gasteiger partial charge in [-0.2, -0.15) is 0 Å². The second kappa shape index (κ2) is 6.90. The minimum Gasteiger partial charge on any atom is -0.478 e. The molecule has 1 amide bonds. The fourth-order valence-corrected chi connectivity index (χ4v) is 3.74. The Morgan fingerprint density at radius 3 is 2.71 bits per heavy atom. The van der Waals surface area contributed by atoms with Crippen LogP contribution in [-0.2, 0) is 0 Å². The molecule has 0 aliphatic carbocycles. The van der Waals surface area contributed by atoms with Crippen molar-refractivity contribution in [1.82, 2.24) is 4.98 Å². The summed E-state index contributed by atoms with van der Waals surface area (Å²) in [5, 5.41) is 13.7. The number of hydrogen-bond donors (Lipinski definition) is 2. The molecule has 0 saturated heterocycles. The van der Waals surface area contributed by atoms with E-state index >= 15 is 0 Å². The number of aryl methyl sites for hydroxylation is 1. The third-order valence-electron chi connectivity index (χ3n) is 4.18. The molecule has 0 aliphatic rings. The number of nitrogens with one attached hydrogen (secondary N) is 1. The maximum absolute atomic E-state index is 13.9. The third kappa shape index (κ3) is 3.14. The number of aromatic nitrogens is 1. The molecule has 0 saturated carbocycles. The quantitative estimate of drug-likeness (QED) is 0.509. The molecular formula is C20H13FN2O4S. The Labute approximate surface area is 162 Å². The lowest BCUT2D eigenvalue weighted by Gasteiger charge is -2.05. The Balaban J connectivity index is 1.69. The van der Waals surface area contributed by atoms with Crippen molar-refractivity contribution in [3.63, 3.8) is 0 Å². The highest BCUT2D eigenvalue weighted by atomic mass is 32.1. The molecule has 4 aromatic rings. The van der Waals surface area contributed by atoms with E-state index in [1.807, 2.05) is 0 Å². The minimum atomic E-state index is -1.23. The number of carbonyl (C=O) groups excluding carboxylic acids is 1. The SMILES string of the molecule is Cc1ccc(-c2scc(NC(=O)c3nc4ccccc4o3)c2C(=O)O)cc1F. The lowest BCUT2D eigenvalue weighted by Crippen LogP contribution is -2.14. The number of carbonyl (C=O) groups is 2. The van der Waals surface area contributed by atoms with E-state index in [9.17, 15) is 19.1 Å². The average molecular weight is 396 g/mol. The number of anilines is 1. The third-order valence-corrected chi connectivity index (χ3v) is 5.20. The first-order chi connectivity index (χ1) is 13.4. The number of rotatable bonds is 4. The van der Waals surface area contributed by atoms with E-state index in [0.717, 1.165) is 11.3 Å². The highest BCUT2D eigenvalue weighted by Gasteiger charge is 2.23. The molecule has 8 heteroatoms. The number of fused-ring (bicyclic) bond motifs is 1. The van der Waals surface area contributed by atoms with Crippen LogP contribution in [0.5, 0.6) is 0 Å². The summed E-state index contributed by atoms with van der Waals surface area (Å²) in [6.07, 6.45) is 0. The molecule has 0 fully saturated rings. The molecule has 4 rings (SSSR count). The van der Waals surface area contributed by atoms with Gasteiger partial charge in [0.1, 0.15) is 16.9 Å². The number of aromatic carboxylic acids is 1. The van der Waals surface area contributed by atoms with Crippen LogP contribution in [0.25, 0.3) is 21.5 Å². The fourth-order valence-electron chi connectivity index (χ4n) is 2.75. The number of carboxylic acids is 1. The summed E-state index contributed by atoms with van der Waals surface area (Å²) >= 11 is 1.10. The van der Waals surface area contributed by atoms with Crippen LogP contribution < -0.4 is 5.32 Å². The van der Waals surface area contributed by atoms with Crippen LogP contribution in [0, 0.1) is 12.7 Å². The summed E-state index contributed by atoms with van der Waals surface area (Å²) in [5.74, 6) is -2.51. The molecule has 2 aromatic carbocycles. The van der Waals surface area contributed by atoms with Crippen LogP contribution in [0.15, 0.2) is 52.3 Å². The molecule has 0 aliphatic heterocycles. The molecular weight excluding hydrogens is 383 g/mol. The monoisotopic (exact) mass is 396 g/mol. The number of nitrogens with zero attached hydrogens (tertiary/aromatic N) is 1. The summed E-state index contributed by atoms with van der Waals surface area (Å²) in [5.41, 5.74) is 1.84.